The largest absolute Gasteiger partial charge is 0.422 e. The number of aromatic nitrogens is 1. The predicted molar refractivity (Wildman–Crippen MR) is 103 cm³/mol. The predicted octanol–water partition coefficient (Wildman–Crippen LogP) is 3.70. The van der Waals surface area contributed by atoms with Gasteiger partial charge in [0.1, 0.15) is 11.1 Å². The van der Waals surface area contributed by atoms with Crippen LogP contribution in [0, 0.1) is 13.8 Å². The van der Waals surface area contributed by atoms with E-state index in [9.17, 15) is 9.59 Å². The molecule has 4 rings (SSSR count). The number of thiazole rings is 1. The topological polar surface area (TPSA) is 64.6 Å². The molecule has 2 aromatic carbocycles. The summed E-state index contributed by atoms with van der Waals surface area (Å²) in [6.45, 7) is 4.07. The molecular formula is C20H16N2O3S. The normalized spacial score (nSPS) is 12.2. The molecule has 0 aliphatic carbocycles. The lowest BCUT2D eigenvalue weighted by Gasteiger charge is -2.00. The van der Waals surface area contributed by atoms with E-state index in [-0.39, 0.29) is 5.56 Å². The molecule has 5 nitrogen and oxygen atoms in total. The van der Waals surface area contributed by atoms with Gasteiger partial charge in [0.2, 0.25) is 0 Å². The first-order valence-electron chi connectivity index (χ1n) is 8.13. The molecule has 2 heterocycles. The van der Waals surface area contributed by atoms with Crippen molar-refractivity contribution in [1.82, 2.24) is 4.57 Å². The summed E-state index contributed by atoms with van der Waals surface area (Å²) >= 11 is 1.43. The Hall–Kier alpha value is -2.99. The summed E-state index contributed by atoms with van der Waals surface area (Å²) in [5.74, 6) is -0.596. The fraction of sp³-hybridized carbons (Fsp3) is 0.150. The van der Waals surface area contributed by atoms with Crippen LogP contribution < -0.4 is 10.4 Å². The van der Waals surface area contributed by atoms with Gasteiger partial charge in [-0.2, -0.15) is 4.99 Å². The number of benzene rings is 2. The van der Waals surface area contributed by atoms with Crippen LogP contribution in [0.3, 0.4) is 0 Å². The van der Waals surface area contributed by atoms with E-state index in [2.05, 4.69) is 17.1 Å². The van der Waals surface area contributed by atoms with E-state index >= 15 is 0 Å². The van der Waals surface area contributed by atoms with Gasteiger partial charge in [-0.05, 0) is 43.2 Å². The molecule has 0 atom stereocenters. The van der Waals surface area contributed by atoms with Crippen molar-refractivity contribution in [1.29, 1.82) is 0 Å². The van der Waals surface area contributed by atoms with Crippen LogP contribution >= 0.6 is 11.3 Å². The zero-order valence-electron chi connectivity index (χ0n) is 14.6. The Morgan fingerprint density at radius 3 is 2.73 bits per heavy atom. The van der Waals surface area contributed by atoms with Crippen molar-refractivity contribution in [2.75, 3.05) is 0 Å². The van der Waals surface area contributed by atoms with Crippen molar-refractivity contribution >= 4 is 38.4 Å². The summed E-state index contributed by atoms with van der Waals surface area (Å²) in [5, 5.41) is 0.692. The fourth-order valence-corrected chi connectivity index (χ4v) is 4.10. The number of carbonyl (C=O) groups is 1. The molecule has 0 saturated carbocycles. The molecule has 0 radical (unpaired) electrons. The number of nitrogens with zero attached hydrogens (tertiary/aromatic N) is 2. The number of hydrogen-bond acceptors (Lipinski definition) is 4. The van der Waals surface area contributed by atoms with Gasteiger partial charge in [-0.1, -0.05) is 35.6 Å². The summed E-state index contributed by atoms with van der Waals surface area (Å²) in [6, 6.07) is 12.8. The number of fused-ring (bicyclic) bond motifs is 2. The highest BCUT2D eigenvalue weighted by molar-refractivity contribution is 7.16. The van der Waals surface area contributed by atoms with Crippen LogP contribution in [0.25, 0.3) is 21.2 Å². The summed E-state index contributed by atoms with van der Waals surface area (Å²) in [4.78, 5) is 29.5. The average Bonchev–Trinajstić information content (AvgIpc) is 2.91. The second-order valence-corrected chi connectivity index (χ2v) is 7.25. The van der Waals surface area contributed by atoms with Gasteiger partial charge >= 0.3 is 5.63 Å². The first-order valence-corrected chi connectivity index (χ1v) is 8.94. The first-order chi connectivity index (χ1) is 12.4. The smallest absolute Gasteiger partial charge is 0.349 e. The quantitative estimate of drug-likeness (QED) is 0.484. The number of aryl methyl sites for hydroxylation is 3. The van der Waals surface area contributed by atoms with E-state index < -0.39 is 11.5 Å². The number of amides is 1. The molecule has 1 amide bonds. The summed E-state index contributed by atoms with van der Waals surface area (Å²) in [6.07, 6.45) is 0. The van der Waals surface area contributed by atoms with Crippen LogP contribution in [0.2, 0.25) is 0 Å². The van der Waals surface area contributed by atoms with Crippen molar-refractivity contribution < 1.29 is 9.21 Å². The maximum atomic E-state index is 12.6. The lowest BCUT2D eigenvalue weighted by atomic mass is 10.1. The van der Waals surface area contributed by atoms with Crippen LogP contribution in [-0.2, 0) is 7.05 Å². The number of hydrogen-bond donors (Lipinski definition) is 0. The molecule has 6 heteroatoms. The molecule has 26 heavy (non-hydrogen) atoms. The molecule has 0 bridgehead atoms. The summed E-state index contributed by atoms with van der Waals surface area (Å²) in [7, 11) is 1.87. The average molecular weight is 364 g/mol. The molecule has 0 unspecified atom stereocenters. The highest BCUT2D eigenvalue weighted by Gasteiger charge is 2.14. The van der Waals surface area contributed by atoms with Crippen molar-refractivity contribution in [3.8, 4) is 0 Å². The van der Waals surface area contributed by atoms with Gasteiger partial charge in [-0.25, -0.2) is 4.79 Å². The van der Waals surface area contributed by atoms with E-state index in [1.807, 2.05) is 31.5 Å². The standard InChI is InChI=1S/C20H16N2O3S/c1-11-8-12(2)17-15(9-11)22(3)20(26-17)21-18(23)14-10-13-6-4-5-7-16(13)25-19(14)24/h4-10H,1-3H3. The SMILES string of the molecule is Cc1cc(C)c2sc(=NC(=O)c3cc4ccccc4oc3=O)n(C)c2c1. The molecule has 0 N–H and O–H groups in total. The number of rotatable bonds is 1. The Balaban J connectivity index is 1.89. The van der Waals surface area contributed by atoms with Gasteiger partial charge < -0.3 is 8.98 Å². The van der Waals surface area contributed by atoms with Gasteiger partial charge in [0.05, 0.1) is 10.2 Å². The number of para-hydroxylation sites is 1. The Morgan fingerprint density at radius 1 is 1.15 bits per heavy atom. The molecule has 4 aromatic rings. The maximum Gasteiger partial charge on any atom is 0.349 e. The molecule has 0 spiro atoms. The van der Waals surface area contributed by atoms with Crippen molar-refractivity contribution in [2.45, 2.75) is 13.8 Å². The molecule has 0 fully saturated rings. The highest BCUT2D eigenvalue weighted by Crippen LogP contribution is 2.22. The second kappa shape index (κ2) is 6.07. The van der Waals surface area contributed by atoms with Crippen LogP contribution in [0.5, 0.6) is 0 Å². The molecule has 0 aliphatic heterocycles. The molecule has 0 saturated heterocycles. The Morgan fingerprint density at radius 2 is 1.92 bits per heavy atom. The summed E-state index contributed by atoms with van der Waals surface area (Å²) < 4.78 is 8.19. The van der Waals surface area contributed by atoms with E-state index in [0.29, 0.717) is 15.8 Å². The van der Waals surface area contributed by atoms with Gasteiger partial charge in [-0.3, -0.25) is 4.79 Å². The van der Waals surface area contributed by atoms with Crippen LogP contribution in [0.15, 0.2) is 56.7 Å². The Kier molecular flexibility index (Phi) is 3.85. The van der Waals surface area contributed by atoms with Crippen LogP contribution in [0.4, 0.5) is 0 Å². The minimum atomic E-state index is -0.673. The van der Waals surface area contributed by atoms with Gasteiger partial charge in [-0.15, -0.1) is 0 Å². The van der Waals surface area contributed by atoms with Crippen molar-refractivity contribution in [3.63, 3.8) is 0 Å². The van der Waals surface area contributed by atoms with Gasteiger partial charge in [0.25, 0.3) is 5.91 Å². The van der Waals surface area contributed by atoms with Crippen LogP contribution in [0.1, 0.15) is 21.5 Å². The van der Waals surface area contributed by atoms with Gasteiger partial charge in [0.15, 0.2) is 4.80 Å². The summed E-state index contributed by atoms with van der Waals surface area (Å²) in [5.41, 5.74) is 3.02. The maximum absolute atomic E-state index is 12.6. The van der Waals surface area contributed by atoms with E-state index in [1.165, 1.54) is 17.4 Å². The highest BCUT2D eigenvalue weighted by atomic mass is 32.1. The van der Waals surface area contributed by atoms with E-state index in [0.717, 1.165) is 21.3 Å². The van der Waals surface area contributed by atoms with Crippen molar-refractivity contribution in [3.05, 3.63) is 74.4 Å². The molecule has 0 aliphatic rings. The first kappa shape index (κ1) is 16.5. The lowest BCUT2D eigenvalue weighted by molar-refractivity contribution is 0.0994. The Bertz CT molecular complexity index is 1310. The molecule has 2 aromatic heterocycles. The Labute approximate surface area is 152 Å². The van der Waals surface area contributed by atoms with E-state index in [1.54, 1.807) is 18.2 Å². The monoisotopic (exact) mass is 364 g/mol. The van der Waals surface area contributed by atoms with Crippen molar-refractivity contribution in [2.24, 2.45) is 12.0 Å². The zero-order chi connectivity index (χ0) is 18.4. The minimum absolute atomic E-state index is 0.0611. The third kappa shape index (κ3) is 2.68. The third-order valence-electron chi connectivity index (χ3n) is 4.31. The van der Waals surface area contributed by atoms with Crippen LogP contribution in [-0.4, -0.2) is 10.5 Å². The fourth-order valence-electron chi connectivity index (χ4n) is 3.03. The minimum Gasteiger partial charge on any atom is -0.422 e. The lowest BCUT2D eigenvalue weighted by Crippen LogP contribution is -2.17. The molecule has 130 valence electrons. The zero-order valence-corrected chi connectivity index (χ0v) is 15.4. The molecular weight excluding hydrogens is 348 g/mol. The van der Waals surface area contributed by atoms with Gasteiger partial charge in [0, 0.05) is 12.4 Å². The second-order valence-electron chi connectivity index (χ2n) is 6.28. The van der Waals surface area contributed by atoms with E-state index in [4.69, 9.17) is 4.42 Å². The third-order valence-corrected chi connectivity index (χ3v) is 5.59. The number of carbonyl (C=O) groups excluding carboxylic acids is 1.